The van der Waals surface area contributed by atoms with Gasteiger partial charge < -0.3 is 14.4 Å². The average Bonchev–Trinajstić information content (AvgIpc) is 2.65. The molecule has 1 unspecified atom stereocenters. The van der Waals surface area contributed by atoms with Crippen molar-refractivity contribution < 1.29 is 14.3 Å². The van der Waals surface area contributed by atoms with E-state index in [0.29, 0.717) is 23.1 Å². The number of hydrogen-bond donors (Lipinski definition) is 0. The Morgan fingerprint density at radius 3 is 2.30 bits per heavy atom. The molecule has 0 N–H and O–H groups in total. The van der Waals surface area contributed by atoms with E-state index in [4.69, 9.17) is 21.1 Å². The molecule has 0 fully saturated rings. The predicted octanol–water partition coefficient (Wildman–Crippen LogP) is 4.88. The Morgan fingerprint density at radius 1 is 1.07 bits per heavy atom. The van der Waals surface area contributed by atoms with Crippen molar-refractivity contribution in [1.29, 1.82) is 0 Å². The van der Waals surface area contributed by atoms with E-state index in [-0.39, 0.29) is 11.9 Å². The van der Waals surface area contributed by atoms with Gasteiger partial charge in [0.1, 0.15) is 0 Å². The third-order valence-electron chi connectivity index (χ3n) is 4.98. The molecule has 3 rings (SSSR count). The smallest absolute Gasteiger partial charge is 0.228 e. The zero-order chi connectivity index (χ0) is 19.8. The minimum atomic E-state index is -0.479. The minimum Gasteiger partial charge on any atom is -0.493 e. The van der Waals surface area contributed by atoms with Crippen molar-refractivity contribution >= 4 is 17.5 Å². The lowest BCUT2D eigenvalue weighted by Crippen LogP contribution is -2.45. The van der Waals surface area contributed by atoms with Crippen molar-refractivity contribution in [2.24, 2.45) is 5.41 Å². The quantitative estimate of drug-likeness (QED) is 0.753. The van der Waals surface area contributed by atoms with Crippen LogP contribution in [0.2, 0.25) is 5.02 Å². The summed E-state index contributed by atoms with van der Waals surface area (Å²) in [6, 6.07) is 11.4. The first-order chi connectivity index (χ1) is 12.8. The summed E-state index contributed by atoms with van der Waals surface area (Å²) in [5.41, 5.74) is 2.62. The normalized spacial score (nSPS) is 16.7. The lowest BCUT2D eigenvalue weighted by molar-refractivity contribution is -0.141. The van der Waals surface area contributed by atoms with Crippen LogP contribution in [-0.4, -0.2) is 31.6 Å². The molecule has 2 aromatic carbocycles. The van der Waals surface area contributed by atoms with Crippen LogP contribution in [0.5, 0.6) is 11.5 Å². The molecule has 27 heavy (non-hydrogen) atoms. The molecule has 1 atom stereocenters. The Morgan fingerprint density at radius 2 is 1.70 bits per heavy atom. The summed E-state index contributed by atoms with van der Waals surface area (Å²) in [6.07, 6.45) is 0.762. The molecular weight excluding hydrogens is 362 g/mol. The summed E-state index contributed by atoms with van der Waals surface area (Å²) < 4.78 is 11.0. The monoisotopic (exact) mass is 387 g/mol. The summed E-state index contributed by atoms with van der Waals surface area (Å²) in [5.74, 6) is 1.45. The van der Waals surface area contributed by atoms with E-state index in [1.165, 1.54) is 0 Å². The van der Waals surface area contributed by atoms with Gasteiger partial charge in [0.05, 0.1) is 20.3 Å². The van der Waals surface area contributed by atoms with Crippen molar-refractivity contribution in [2.75, 3.05) is 20.8 Å². The van der Waals surface area contributed by atoms with E-state index in [1.54, 1.807) is 14.2 Å². The molecule has 1 amide bonds. The van der Waals surface area contributed by atoms with Gasteiger partial charge in [-0.15, -0.1) is 0 Å². The van der Waals surface area contributed by atoms with E-state index in [2.05, 4.69) is 0 Å². The molecule has 0 radical (unpaired) electrons. The van der Waals surface area contributed by atoms with Crippen LogP contribution in [0.15, 0.2) is 36.4 Å². The molecule has 1 aliphatic rings. The number of benzene rings is 2. The maximum atomic E-state index is 13.2. The average molecular weight is 388 g/mol. The molecule has 4 nitrogen and oxygen atoms in total. The molecule has 0 bridgehead atoms. The lowest BCUT2D eigenvalue weighted by atomic mass is 9.85. The van der Waals surface area contributed by atoms with Crippen molar-refractivity contribution in [2.45, 2.75) is 33.2 Å². The van der Waals surface area contributed by atoms with Gasteiger partial charge in [0.2, 0.25) is 5.91 Å². The molecular formula is C22H26ClNO3. The number of amides is 1. The molecule has 0 saturated heterocycles. The highest BCUT2D eigenvalue weighted by atomic mass is 35.5. The van der Waals surface area contributed by atoms with Crippen molar-refractivity contribution in [3.05, 3.63) is 58.1 Å². The van der Waals surface area contributed by atoms with Crippen molar-refractivity contribution in [3.63, 3.8) is 0 Å². The van der Waals surface area contributed by atoms with Crippen LogP contribution < -0.4 is 9.47 Å². The molecule has 144 valence electrons. The minimum absolute atomic E-state index is 0.104. The highest BCUT2D eigenvalue weighted by Crippen LogP contribution is 2.43. The van der Waals surface area contributed by atoms with E-state index in [0.717, 1.165) is 23.1 Å². The van der Waals surface area contributed by atoms with Gasteiger partial charge in [0.25, 0.3) is 0 Å². The van der Waals surface area contributed by atoms with Gasteiger partial charge in [0.15, 0.2) is 11.5 Å². The van der Waals surface area contributed by atoms with E-state index in [9.17, 15) is 4.79 Å². The Hall–Kier alpha value is -2.20. The number of ether oxygens (including phenoxy) is 2. The predicted molar refractivity (Wildman–Crippen MR) is 108 cm³/mol. The van der Waals surface area contributed by atoms with Crippen LogP contribution in [0, 0.1) is 5.41 Å². The molecule has 0 saturated carbocycles. The fourth-order valence-electron chi connectivity index (χ4n) is 3.63. The maximum absolute atomic E-state index is 13.2. The summed E-state index contributed by atoms with van der Waals surface area (Å²) in [6.45, 7) is 6.48. The first-order valence-electron chi connectivity index (χ1n) is 9.08. The number of hydrogen-bond acceptors (Lipinski definition) is 3. The zero-order valence-corrected chi connectivity index (χ0v) is 17.3. The second-order valence-electron chi connectivity index (χ2n) is 7.83. The summed E-state index contributed by atoms with van der Waals surface area (Å²) in [4.78, 5) is 15.2. The van der Waals surface area contributed by atoms with E-state index >= 15 is 0 Å². The maximum Gasteiger partial charge on any atom is 0.228 e. The SMILES string of the molecule is COc1cc2c(cc1OC)C(c1ccccc1Cl)N(C(=O)C(C)(C)C)CC2. The first kappa shape index (κ1) is 19.6. The van der Waals surface area contributed by atoms with Gasteiger partial charge >= 0.3 is 0 Å². The number of methoxy groups -OCH3 is 2. The van der Waals surface area contributed by atoms with Crippen molar-refractivity contribution in [1.82, 2.24) is 4.90 Å². The third kappa shape index (κ3) is 3.63. The zero-order valence-electron chi connectivity index (χ0n) is 16.5. The Labute approximate surface area is 166 Å². The fourth-order valence-corrected chi connectivity index (χ4v) is 3.87. The third-order valence-corrected chi connectivity index (χ3v) is 5.32. The molecule has 1 aliphatic heterocycles. The van der Waals surface area contributed by atoms with Crippen LogP contribution in [0.25, 0.3) is 0 Å². The van der Waals surface area contributed by atoms with Gasteiger partial charge in [-0.25, -0.2) is 0 Å². The lowest BCUT2D eigenvalue weighted by Gasteiger charge is -2.41. The summed E-state index contributed by atoms with van der Waals surface area (Å²) >= 11 is 6.55. The van der Waals surface area contributed by atoms with Gasteiger partial charge in [-0.1, -0.05) is 50.6 Å². The molecule has 0 aromatic heterocycles. The fraction of sp³-hybridized carbons (Fsp3) is 0.409. The largest absolute Gasteiger partial charge is 0.493 e. The highest BCUT2D eigenvalue weighted by Gasteiger charge is 2.38. The second-order valence-corrected chi connectivity index (χ2v) is 8.24. The Balaban J connectivity index is 2.21. The molecule has 0 spiro atoms. The van der Waals surface area contributed by atoms with Crippen LogP contribution in [0.4, 0.5) is 0 Å². The molecule has 5 heteroatoms. The number of nitrogens with zero attached hydrogens (tertiary/aromatic N) is 1. The number of halogens is 1. The van der Waals surface area contributed by atoms with Crippen LogP contribution >= 0.6 is 11.6 Å². The first-order valence-corrected chi connectivity index (χ1v) is 9.46. The second kappa shape index (κ2) is 7.43. The van der Waals surface area contributed by atoms with Crippen LogP contribution in [0.1, 0.15) is 43.5 Å². The summed E-state index contributed by atoms with van der Waals surface area (Å²) in [5, 5.41) is 0.650. The number of carbonyl (C=O) groups excluding carboxylic acids is 1. The number of carbonyl (C=O) groups is 1. The Kier molecular flexibility index (Phi) is 5.38. The number of rotatable bonds is 3. The summed E-state index contributed by atoms with van der Waals surface area (Å²) in [7, 11) is 3.25. The standard InChI is InChI=1S/C22H26ClNO3/c1-22(2,3)21(25)24-11-10-14-12-18(26-4)19(27-5)13-16(14)20(24)15-8-6-7-9-17(15)23/h6-9,12-13,20H,10-11H2,1-5H3. The van der Waals surface area contributed by atoms with Crippen molar-refractivity contribution in [3.8, 4) is 11.5 Å². The van der Waals surface area contributed by atoms with Gasteiger partial charge in [-0.3, -0.25) is 4.79 Å². The van der Waals surface area contributed by atoms with Crippen LogP contribution in [0.3, 0.4) is 0 Å². The van der Waals surface area contributed by atoms with E-state index < -0.39 is 5.41 Å². The van der Waals surface area contributed by atoms with E-state index in [1.807, 2.05) is 62.1 Å². The van der Waals surface area contributed by atoms with Gasteiger partial charge in [-0.05, 0) is 41.3 Å². The molecule has 0 aliphatic carbocycles. The molecule has 2 aromatic rings. The molecule has 1 heterocycles. The van der Waals surface area contributed by atoms with Crippen LogP contribution in [-0.2, 0) is 11.2 Å². The van der Waals surface area contributed by atoms with Gasteiger partial charge in [-0.2, -0.15) is 0 Å². The van der Waals surface area contributed by atoms with Gasteiger partial charge in [0, 0.05) is 17.0 Å². The topological polar surface area (TPSA) is 38.8 Å². The Bertz CT molecular complexity index is 857. The highest BCUT2D eigenvalue weighted by molar-refractivity contribution is 6.31. The number of fused-ring (bicyclic) bond motifs is 1.